The van der Waals surface area contributed by atoms with Gasteiger partial charge in [-0.3, -0.25) is 4.79 Å². The maximum absolute atomic E-state index is 11.6. The molecule has 14 heavy (non-hydrogen) atoms. The van der Waals surface area contributed by atoms with Crippen LogP contribution in [0.15, 0.2) is 10.9 Å². The molecule has 6 nitrogen and oxygen atoms in total. The maximum Gasteiger partial charge on any atom is 0.260 e. The summed E-state index contributed by atoms with van der Waals surface area (Å²) < 4.78 is 1.44. The Labute approximate surface area is 79.8 Å². The molecule has 2 rings (SSSR count). The second-order valence-corrected chi connectivity index (χ2v) is 3.07. The van der Waals surface area contributed by atoms with Gasteiger partial charge in [-0.2, -0.15) is 5.10 Å². The zero-order chi connectivity index (χ0) is 10.1. The number of aromatic nitrogens is 4. The van der Waals surface area contributed by atoms with Crippen LogP contribution in [-0.4, -0.2) is 26.1 Å². The van der Waals surface area contributed by atoms with Crippen molar-refractivity contribution in [1.29, 1.82) is 0 Å². The molecule has 2 aromatic rings. The van der Waals surface area contributed by atoms with Crippen molar-refractivity contribution in [2.75, 3.05) is 6.54 Å². The van der Waals surface area contributed by atoms with Crippen molar-refractivity contribution < 1.29 is 0 Å². The van der Waals surface area contributed by atoms with Crippen LogP contribution in [-0.2, 0) is 6.42 Å². The van der Waals surface area contributed by atoms with Crippen LogP contribution in [0.4, 0.5) is 0 Å². The predicted molar refractivity (Wildman–Crippen MR) is 51.1 cm³/mol. The number of hydrogen-bond acceptors (Lipinski definition) is 4. The van der Waals surface area contributed by atoms with E-state index in [2.05, 4.69) is 15.2 Å². The summed E-state index contributed by atoms with van der Waals surface area (Å²) in [5.74, 6) is 1.10. The highest BCUT2D eigenvalue weighted by molar-refractivity contribution is 5.28. The van der Waals surface area contributed by atoms with Gasteiger partial charge in [0.2, 0.25) is 5.78 Å². The molecular formula is C8H11N5O. The summed E-state index contributed by atoms with van der Waals surface area (Å²) in [5, 5.41) is 6.68. The fourth-order valence-electron chi connectivity index (χ4n) is 1.38. The lowest BCUT2D eigenvalue weighted by atomic mass is 10.4. The van der Waals surface area contributed by atoms with Gasteiger partial charge in [0.15, 0.2) is 0 Å². The quantitative estimate of drug-likeness (QED) is 0.655. The molecule has 2 aromatic heterocycles. The van der Waals surface area contributed by atoms with Crippen LogP contribution in [0.25, 0.3) is 5.78 Å². The van der Waals surface area contributed by atoms with Gasteiger partial charge in [-0.25, -0.2) is 14.5 Å². The first-order valence-corrected chi connectivity index (χ1v) is 4.36. The Morgan fingerprint density at radius 3 is 3.14 bits per heavy atom. The summed E-state index contributed by atoms with van der Waals surface area (Å²) in [5.41, 5.74) is 5.96. The number of aromatic amines is 1. The molecule has 0 atom stereocenters. The summed E-state index contributed by atoms with van der Waals surface area (Å²) in [6, 6.07) is 1.47. The molecule has 0 fully saturated rings. The Bertz CT molecular complexity index is 512. The van der Waals surface area contributed by atoms with E-state index in [1.54, 1.807) is 6.92 Å². The van der Waals surface area contributed by atoms with Crippen LogP contribution in [0.1, 0.15) is 11.5 Å². The van der Waals surface area contributed by atoms with Gasteiger partial charge in [0.25, 0.3) is 5.56 Å². The van der Waals surface area contributed by atoms with E-state index in [0.717, 1.165) is 0 Å². The van der Waals surface area contributed by atoms with Crippen molar-refractivity contribution in [2.24, 2.45) is 5.73 Å². The highest BCUT2D eigenvalue weighted by Crippen LogP contribution is 1.98. The molecule has 0 saturated carbocycles. The molecule has 0 unspecified atom stereocenters. The van der Waals surface area contributed by atoms with Crippen LogP contribution >= 0.6 is 0 Å². The smallest absolute Gasteiger partial charge is 0.260 e. The number of hydrogen-bond donors (Lipinski definition) is 2. The topological polar surface area (TPSA) is 89.1 Å². The molecule has 0 aliphatic rings. The molecule has 0 spiro atoms. The molecule has 0 aliphatic carbocycles. The number of rotatable bonds is 2. The highest BCUT2D eigenvalue weighted by Gasteiger charge is 2.07. The van der Waals surface area contributed by atoms with Gasteiger partial charge in [-0.15, -0.1) is 0 Å². The summed E-state index contributed by atoms with van der Waals surface area (Å²) in [6.45, 7) is 2.23. The summed E-state index contributed by atoms with van der Waals surface area (Å²) in [4.78, 5) is 15.7. The van der Waals surface area contributed by atoms with Crippen LogP contribution < -0.4 is 11.3 Å². The number of nitrogens with zero attached hydrogens (tertiary/aromatic N) is 3. The Balaban J connectivity index is 2.73. The lowest BCUT2D eigenvalue weighted by Gasteiger charge is -1.96. The van der Waals surface area contributed by atoms with Gasteiger partial charge >= 0.3 is 0 Å². The second kappa shape index (κ2) is 3.22. The molecule has 3 N–H and O–H groups in total. The fraction of sp³-hybridized carbons (Fsp3) is 0.375. The molecule has 0 aliphatic heterocycles. The Morgan fingerprint density at radius 1 is 1.64 bits per heavy atom. The third-order valence-corrected chi connectivity index (χ3v) is 1.96. The summed E-state index contributed by atoms with van der Waals surface area (Å²) >= 11 is 0. The molecule has 6 heteroatoms. The van der Waals surface area contributed by atoms with E-state index < -0.39 is 0 Å². The molecule has 0 radical (unpaired) electrons. The van der Waals surface area contributed by atoms with Gasteiger partial charge in [-0.1, -0.05) is 0 Å². The van der Waals surface area contributed by atoms with Crippen LogP contribution in [0.2, 0.25) is 0 Å². The minimum Gasteiger partial charge on any atom is -0.330 e. The molecule has 2 heterocycles. The number of H-pyrrole nitrogens is 1. The first kappa shape index (κ1) is 8.89. The Hall–Kier alpha value is -1.69. The van der Waals surface area contributed by atoms with Gasteiger partial charge in [0.05, 0.1) is 0 Å². The van der Waals surface area contributed by atoms with Gasteiger partial charge < -0.3 is 5.73 Å². The zero-order valence-corrected chi connectivity index (χ0v) is 7.82. The van der Waals surface area contributed by atoms with Gasteiger partial charge in [-0.05, 0) is 13.5 Å². The number of aryl methyl sites for hydroxylation is 1. The van der Waals surface area contributed by atoms with E-state index in [1.807, 2.05) is 0 Å². The second-order valence-electron chi connectivity index (χ2n) is 3.07. The first-order valence-electron chi connectivity index (χ1n) is 4.36. The molecular weight excluding hydrogens is 182 g/mol. The molecule has 0 amide bonds. The summed E-state index contributed by atoms with van der Waals surface area (Å²) in [7, 11) is 0. The van der Waals surface area contributed by atoms with Crippen LogP contribution in [0.5, 0.6) is 0 Å². The zero-order valence-electron chi connectivity index (χ0n) is 7.82. The van der Waals surface area contributed by atoms with Crippen molar-refractivity contribution in [3.8, 4) is 0 Å². The van der Waals surface area contributed by atoms with Crippen molar-refractivity contribution in [1.82, 2.24) is 19.6 Å². The molecule has 0 aromatic carbocycles. The normalized spacial score (nSPS) is 11.0. The monoisotopic (exact) mass is 193 g/mol. The Morgan fingerprint density at radius 2 is 2.43 bits per heavy atom. The van der Waals surface area contributed by atoms with E-state index in [4.69, 9.17) is 5.73 Å². The van der Waals surface area contributed by atoms with Crippen molar-refractivity contribution in [3.05, 3.63) is 27.9 Å². The first-order chi connectivity index (χ1) is 6.72. The van der Waals surface area contributed by atoms with Crippen molar-refractivity contribution >= 4 is 5.78 Å². The number of fused-ring (bicyclic) bond motifs is 1. The lowest BCUT2D eigenvalue weighted by Crippen LogP contribution is -2.17. The highest BCUT2D eigenvalue weighted by atomic mass is 16.1. The number of nitrogens with two attached hydrogens (primary N) is 1. The SMILES string of the molecule is Cc1cc(=O)n2c(CCN)n[nH]c2n1. The number of nitrogens with one attached hydrogen (secondary N) is 1. The van der Waals surface area contributed by atoms with E-state index in [9.17, 15) is 4.79 Å². The molecule has 0 saturated heterocycles. The predicted octanol–water partition coefficient (Wildman–Crippen LogP) is -0.773. The third kappa shape index (κ3) is 1.29. The van der Waals surface area contributed by atoms with E-state index in [0.29, 0.717) is 30.3 Å². The van der Waals surface area contributed by atoms with E-state index in [1.165, 1.54) is 10.5 Å². The maximum atomic E-state index is 11.6. The standard InChI is InChI=1S/C8H11N5O/c1-5-4-7(14)13-6(2-3-9)11-12-8(13)10-5/h4H,2-3,9H2,1H3,(H,10,12). The lowest BCUT2D eigenvalue weighted by molar-refractivity contribution is 0.834. The largest absolute Gasteiger partial charge is 0.330 e. The van der Waals surface area contributed by atoms with Crippen molar-refractivity contribution in [2.45, 2.75) is 13.3 Å². The minimum atomic E-state index is -0.121. The van der Waals surface area contributed by atoms with Crippen LogP contribution in [0, 0.1) is 6.92 Å². The van der Waals surface area contributed by atoms with Crippen LogP contribution in [0.3, 0.4) is 0 Å². The van der Waals surface area contributed by atoms with E-state index >= 15 is 0 Å². The van der Waals surface area contributed by atoms with Gasteiger partial charge in [0, 0.05) is 18.2 Å². The molecule has 74 valence electrons. The Kier molecular flexibility index (Phi) is 2.05. The van der Waals surface area contributed by atoms with Gasteiger partial charge in [0.1, 0.15) is 5.82 Å². The summed E-state index contributed by atoms with van der Waals surface area (Å²) in [6.07, 6.45) is 0.560. The third-order valence-electron chi connectivity index (χ3n) is 1.96. The minimum absolute atomic E-state index is 0.121. The van der Waals surface area contributed by atoms with E-state index in [-0.39, 0.29) is 5.56 Å². The fourth-order valence-corrected chi connectivity index (χ4v) is 1.38. The average Bonchev–Trinajstić information content (AvgIpc) is 2.49. The molecule has 0 bridgehead atoms. The van der Waals surface area contributed by atoms with Crippen molar-refractivity contribution in [3.63, 3.8) is 0 Å². The average molecular weight is 193 g/mol.